The number of anilines is 6. The van der Waals surface area contributed by atoms with Gasteiger partial charge in [-0.25, -0.2) is 0 Å². The Morgan fingerprint density at radius 3 is 0.821 bits per heavy atom. The zero-order valence-corrected chi connectivity index (χ0v) is 60.6. The minimum atomic E-state index is -0.167. The van der Waals surface area contributed by atoms with E-state index in [1.54, 1.807) is 0 Å². The summed E-state index contributed by atoms with van der Waals surface area (Å²) in [6, 6.07) is 138. The molecule has 0 N–H and O–H groups in total. The predicted molar refractivity (Wildman–Crippen MR) is 459 cm³/mol. The Balaban J connectivity index is 0.998. The van der Waals surface area contributed by atoms with Crippen molar-refractivity contribution in [3.63, 3.8) is 0 Å². The molecular formula is C100H60B2Br2N2. The highest BCUT2D eigenvalue weighted by molar-refractivity contribution is 9.10. The number of benzene rings is 18. The van der Waals surface area contributed by atoms with Gasteiger partial charge in [-0.05, 0) is 262 Å². The van der Waals surface area contributed by atoms with Crippen molar-refractivity contribution in [2.24, 2.45) is 0 Å². The third kappa shape index (κ3) is 9.24. The second kappa shape index (κ2) is 24.1. The fraction of sp³-hybridized carbons (Fsp3) is 0. The largest absolute Gasteiger partial charge is 0.311 e. The lowest BCUT2D eigenvalue weighted by atomic mass is 9.31. The van der Waals surface area contributed by atoms with Crippen molar-refractivity contribution in [3.8, 4) is 111 Å². The van der Waals surface area contributed by atoms with Gasteiger partial charge in [0.15, 0.2) is 0 Å². The average molecular weight is 1470 g/mol. The number of rotatable bonds is 10. The molecule has 18 aromatic rings. The second-order valence-corrected chi connectivity index (χ2v) is 30.5. The minimum Gasteiger partial charge on any atom is -0.311 e. The molecule has 0 amide bonds. The average Bonchev–Trinajstić information content (AvgIpc) is 0.661. The fourth-order valence-corrected chi connectivity index (χ4v) is 19.7. The highest BCUT2D eigenvalue weighted by atomic mass is 79.9. The van der Waals surface area contributed by atoms with E-state index < -0.39 is 0 Å². The van der Waals surface area contributed by atoms with E-state index in [-0.39, 0.29) is 13.4 Å². The third-order valence-corrected chi connectivity index (χ3v) is 24.0. The van der Waals surface area contributed by atoms with Crippen LogP contribution in [0.25, 0.3) is 144 Å². The maximum Gasteiger partial charge on any atom is 0.248 e. The van der Waals surface area contributed by atoms with Crippen LogP contribution in [0.4, 0.5) is 34.1 Å². The van der Waals surface area contributed by atoms with Gasteiger partial charge in [-0.15, -0.1) is 0 Å². The molecule has 0 bridgehead atoms. The summed E-state index contributed by atoms with van der Waals surface area (Å²) in [6.45, 7) is -0.333. The fourth-order valence-electron chi connectivity index (χ4n) is 18.8. The molecule has 6 heteroatoms. The van der Waals surface area contributed by atoms with E-state index in [0.29, 0.717) is 0 Å². The lowest BCUT2D eigenvalue weighted by Gasteiger charge is -2.42. The van der Waals surface area contributed by atoms with Crippen LogP contribution in [0.15, 0.2) is 373 Å². The molecule has 18 aromatic carbocycles. The molecule has 2 nitrogen and oxygen atoms in total. The monoisotopic (exact) mass is 1470 g/mol. The Morgan fingerprint density at radius 1 is 0.198 bits per heavy atom. The van der Waals surface area contributed by atoms with Crippen molar-refractivity contribution in [2.45, 2.75) is 0 Å². The van der Waals surface area contributed by atoms with Gasteiger partial charge in [-0.1, -0.05) is 310 Å². The van der Waals surface area contributed by atoms with Crippen LogP contribution in [0.1, 0.15) is 0 Å². The Hall–Kier alpha value is -12.3. The van der Waals surface area contributed by atoms with Crippen LogP contribution in [-0.2, 0) is 0 Å². The van der Waals surface area contributed by atoms with E-state index in [9.17, 15) is 0 Å². The minimum absolute atomic E-state index is 0.167. The quantitative estimate of drug-likeness (QED) is 0.0995. The molecule has 0 aliphatic carbocycles. The standard InChI is InChI=1S/C100H60B2Br2N2/c103-69-53-83-79-57-77(93-73(63-33-13-3-14-34-63)49-67(61-29-9-1-10-30-61)50-74(93)64-35-15-4-16-36-64)81-59-87-96-80(84-54-70(104)56-92-100(84)101(87)85-45-25-27-47-89(85)106(92)72-43-23-8-24-44-72)58-78(94-75(65-37-17-5-18-38-65)51-68(62-31-11-2-12-32-62)52-76(94)66-39-19-6-20-40-66)82-60-88(95(79)97(81)98(82)96)102-86-46-26-28-48-90(86)105(91(55-69)99(83)102)71-41-21-7-22-42-71/h1-60H. The molecule has 0 saturated heterocycles. The number of fused-ring (bicyclic) bond motifs is 8. The number of para-hydroxylation sites is 4. The molecule has 0 saturated carbocycles. The van der Waals surface area contributed by atoms with Gasteiger partial charge in [0.1, 0.15) is 0 Å². The van der Waals surface area contributed by atoms with Crippen molar-refractivity contribution in [1.82, 2.24) is 0 Å². The molecule has 0 spiro atoms. The molecule has 0 fully saturated rings. The van der Waals surface area contributed by atoms with Gasteiger partial charge in [0.25, 0.3) is 0 Å². The molecule has 0 atom stereocenters. The number of hydrogen-bond acceptors (Lipinski definition) is 2. The van der Waals surface area contributed by atoms with Gasteiger partial charge in [0.2, 0.25) is 13.4 Å². The normalized spacial score (nSPS) is 12.7. The molecule has 490 valence electrons. The summed E-state index contributed by atoms with van der Waals surface area (Å²) in [5.74, 6) is 0. The smallest absolute Gasteiger partial charge is 0.248 e. The first-order valence-electron chi connectivity index (χ1n) is 36.6. The van der Waals surface area contributed by atoms with E-state index in [2.05, 4.69) is 406 Å². The van der Waals surface area contributed by atoms with Gasteiger partial charge in [-0.3, -0.25) is 0 Å². The van der Waals surface area contributed by atoms with Gasteiger partial charge in [-0.2, -0.15) is 0 Å². The van der Waals surface area contributed by atoms with Crippen molar-refractivity contribution >= 4 is 145 Å². The highest BCUT2D eigenvalue weighted by Crippen LogP contribution is 2.57. The summed E-state index contributed by atoms with van der Waals surface area (Å²) in [4.78, 5) is 5.04. The summed E-state index contributed by atoms with van der Waals surface area (Å²) in [6.07, 6.45) is 0. The van der Waals surface area contributed by atoms with Crippen LogP contribution >= 0.6 is 31.9 Å². The first-order valence-corrected chi connectivity index (χ1v) is 38.2. The molecule has 4 heterocycles. The Labute approximate surface area is 633 Å². The zero-order valence-electron chi connectivity index (χ0n) is 57.4. The topological polar surface area (TPSA) is 6.48 Å². The van der Waals surface area contributed by atoms with E-state index in [0.717, 1.165) is 53.7 Å². The van der Waals surface area contributed by atoms with Gasteiger partial charge < -0.3 is 9.80 Å². The first kappa shape index (κ1) is 61.2. The highest BCUT2D eigenvalue weighted by Gasteiger charge is 2.46. The van der Waals surface area contributed by atoms with Crippen LogP contribution in [-0.4, -0.2) is 13.4 Å². The summed E-state index contributed by atoms with van der Waals surface area (Å²) >= 11 is 8.57. The number of halogens is 2. The molecule has 0 unspecified atom stereocenters. The number of nitrogens with zero attached hydrogens (tertiary/aromatic N) is 2. The summed E-state index contributed by atoms with van der Waals surface area (Å²) < 4.78 is 2.05. The van der Waals surface area contributed by atoms with Gasteiger partial charge in [0, 0.05) is 43.1 Å². The SMILES string of the molecule is Brc1cc2c3c(c1)N(c1ccccc1)c1ccccc1B3c1cc3c(-c4c(-c5ccccc5)cc(-c5ccccc5)cc4-c4ccccc4)cc4c5c(cc6c(-c7c(-c8ccccc8)cc(-c8ccccc8)cc7-c7ccccc7)cc-2c1c6c35)B1c2ccccc2N(c2ccccc2)c2cc(Br)cc-4c21. The molecule has 106 heavy (non-hydrogen) atoms. The molecule has 4 aliphatic rings. The number of hydrogen-bond donors (Lipinski definition) is 0. The van der Waals surface area contributed by atoms with Crippen LogP contribution in [0.3, 0.4) is 0 Å². The first-order chi connectivity index (χ1) is 52.5. The maximum atomic E-state index is 4.29. The Kier molecular flexibility index (Phi) is 13.9. The van der Waals surface area contributed by atoms with Crippen LogP contribution < -0.4 is 42.6 Å². The van der Waals surface area contributed by atoms with E-state index in [1.165, 1.54) is 166 Å². The summed E-state index contributed by atoms with van der Waals surface area (Å²) in [5.41, 5.74) is 38.3. The lowest BCUT2D eigenvalue weighted by molar-refractivity contribution is 1.29. The zero-order chi connectivity index (χ0) is 69.8. The van der Waals surface area contributed by atoms with Crippen molar-refractivity contribution in [2.75, 3.05) is 9.80 Å². The molecule has 4 aliphatic heterocycles. The Morgan fingerprint density at radius 2 is 0.491 bits per heavy atom. The van der Waals surface area contributed by atoms with Crippen LogP contribution in [0, 0.1) is 0 Å². The van der Waals surface area contributed by atoms with Crippen molar-refractivity contribution in [3.05, 3.63) is 373 Å². The van der Waals surface area contributed by atoms with Crippen molar-refractivity contribution in [1.29, 1.82) is 0 Å². The molecule has 0 radical (unpaired) electrons. The van der Waals surface area contributed by atoms with Crippen molar-refractivity contribution < 1.29 is 0 Å². The molecule has 22 rings (SSSR count). The van der Waals surface area contributed by atoms with Gasteiger partial charge in [0.05, 0.1) is 0 Å². The maximum absolute atomic E-state index is 4.29. The third-order valence-electron chi connectivity index (χ3n) is 23.0. The summed E-state index contributed by atoms with van der Waals surface area (Å²) in [5, 5.41) is 7.59. The van der Waals surface area contributed by atoms with E-state index >= 15 is 0 Å². The lowest BCUT2D eigenvalue weighted by Crippen LogP contribution is -2.60. The van der Waals surface area contributed by atoms with Crippen LogP contribution in [0.5, 0.6) is 0 Å². The van der Waals surface area contributed by atoms with E-state index in [4.69, 9.17) is 0 Å². The predicted octanol–water partition coefficient (Wildman–Crippen LogP) is 24.0. The summed E-state index contributed by atoms with van der Waals surface area (Å²) in [7, 11) is 0. The second-order valence-electron chi connectivity index (χ2n) is 28.7. The molecule has 0 aromatic heterocycles. The molecular weight excluding hydrogens is 1410 g/mol. The van der Waals surface area contributed by atoms with Gasteiger partial charge >= 0.3 is 0 Å². The van der Waals surface area contributed by atoms with E-state index in [1.807, 2.05) is 0 Å². The van der Waals surface area contributed by atoms with Crippen LogP contribution in [0.2, 0.25) is 0 Å². The Bertz CT molecular complexity index is 6110.